The molecule has 0 radical (unpaired) electrons. The van der Waals surface area contributed by atoms with Gasteiger partial charge in [-0.15, -0.1) is 11.3 Å². The Morgan fingerprint density at radius 3 is 2.95 bits per heavy atom. The van der Waals surface area contributed by atoms with E-state index in [2.05, 4.69) is 20.3 Å². The molecule has 0 atom stereocenters. The Labute approximate surface area is 118 Å². The van der Waals surface area contributed by atoms with Crippen molar-refractivity contribution in [3.63, 3.8) is 0 Å². The number of hydrogen-bond acceptors (Lipinski definition) is 6. The molecule has 0 saturated carbocycles. The summed E-state index contributed by atoms with van der Waals surface area (Å²) in [5, 5.41) is 4.99. The van der Waals surface area contributed by atoms with Gasteiger partial charge in [-0.2, -0.15) is 0 Å². The van der Waals surface area contributed by atoms with Crippen LogP contribution in [0, 0.1) is 6.92 Å². The molecule has 6 nitrogen and oxygen atoms in total. The van der Waals surface area contributed by atoms with E-state index in [0.717, 1.165) is 5.69 Å². The minimum Gasteiger partial charge on any atom is -0.463 e. The number of nitrogens with one attached hydrogen (secondary N) is 1. The predicted octanol–water partition coefficient (Wildman–Crippen LogP) is 2.75. The van der Waals surface area contributed by atoms with Crippen LogP contribution in [0.5, 0.6) is 0 Å². The maximum Gasteiger partial charge on any atom is 0.277 e. The Kier molecular flexibility index (Phi) is 3.26. The van der Waals surface area contributed by atoms with Crippen LogP contribution in [0.25, 0.3) is 11.5 Å². The first-order valence-electron chi connectivity index (χ1n) is 5.82. The molecule has 3 rings (SSSR count). The molecule has 3 aromatic rings. The number of aryl methyl sites for hydroxylation is 1. The van der Waals surface area contributed by atoms with E-state index in [0.29, 0.717) is 16.6 Å². The van der Waals surface area contributed by atoms with Crippen molar-refractivity contribution in [2.24, 2.45) is 0 Å². The van der Waals surface area contributed by atoms with Gasteiger partial charge in [0, 0.05) is 11.6 Å². The lowest BCUT2D eigenvalue weighted by molar-refractivity contribution is 0.102. The molecular formula is C13H10N4O2S. The molecule has 0 aliphatic rings. The van der Waals surface area contributed by atoms with Crippen LogP contribution in [0.4, 0.5) is 5.13 Å². The molecule has 7 heteroatoms. The molecule has 1 N–H and O–H groups in total. The van der Waals surface area contributed by atoms with Gasteiger partial charge in [-0.3, -0.25) is 15.1 Å². The fourth-order valence-corrected chi connectivity index (χ4v) is 2.23. The van der Waals surface area contributed by atoms with Crippen molar-refractivity contribution in [3.05, 3.63) is 47.6 Å². The second-order valence-corrected chi connectivity index (χ2v) is 4.87. The van der Waals surface area contributed by atoms with Gasteiger partial charge in [-0.25, -0.2) is 9.97 Å². The maximum atomic E-state index is 12.0. The van der Waals surface area contributed by atoms with Gasteiger partial charge < -0.3 is 4.42 Å². The fourth-order valence-electron chi connectivity index (χ4n) is 1.54. The van der Waals surface area contributed by atoms with Crippen LogP contribution >= 0.6 is 11.3 Å². The quantitative estimate of drug-likeness (QED) is 0.800. The molecular weight excluding hydrogens is 276 g/mol. The van der Waals surface area contributed by atoms with Gasteiger partial charge in [0.15, 0.2) is 10.9 Å². The van der Waals surface area contributed by atoms with E-state index in [1.165, 1.54) is 17.5 Å². The molecule has 0 spiro atoms. The zero-order chi connectivity index (χ0) is 13.9. The number of rotatable bonds is 3. The molecule has 3 aromatic heterocycles. The Balaban J connectivity index is 1.75. The van der Waals surface area contributed by atoms with Gasteiger partial charge in [-0.05, 0) is 19.1 Å². The third-order valence-electron chi connectivity index (χ3n) is 2.51. The third kappa shape index (κ3) is 2.57. The first-order valence-corrected chi connectivity index (χ1v) is 6.70. The summed E-state index contributed by atoms with van der Waals surface area (Å²) >= 11 is 1.32. The number of carbonyl (C=O) groups is 1. The van der Waals surface area contributed by atoms with Crippen molar-refractivity contribution >= 4 is 22.4 Å². The average molecular weight is 286 g/mol. The van der Waals surface area contributed by atoms with Crippen LogP contribution < -0.4 is 5.32 Å². The summed E-state index contributed by atoms with van der Waals surface area (Å²) in [6, 6.07) is 3.60. The van der Waals surface area contributed by atoms with Crippen LogP contribution in [-0.2, 0) is 0 Å². The highest BCUT2D eigenvalue weighted by molar-refractivity contribution is 7.14. The number of thiazole rings is 1. The molecule has 20 heavy (non-hydrogen) atoms. The highest BCUT2D eigenvalue weighted by Crippen LogP contribution is 2.25. The SMILES string of the molecule is Cc1cnc(C(=O)Nc2nc(-c3ccco3)cs2)cn1. The van der Waals surface area contributed by atoms with Crippen LogP contribution in [0.15, 0.2) is 40.6 Å². The Morgan fingerprint density at radius 2 is 2.25 bits per heavy atom. The lowest BCUT2D eigenvalue weighted by atomic mass is 10.4. The summed E-state index contributed by atoms with van der Waals surface area (Å²) in [5.74, 6) is 0.328. The number of anilines is 1. The van der Waals surface area contributed by atoms with Gasteiger partial charge in [-0.1, -0.05) is 0 Å². The van der Waals surface area contributed by atoms with Crippen molar-refractivity contribution in [1.82, 2.24) is 15.0 Å². The lowest BCUT2D eigenvalue weighted by Crippen LogP contribution is -2.13. The van der Waals surface area contributed by atoms with Crippen LogP contribution in [0.3, 0.4) is 0 Å². The summed E-state index contributed by atoms with van der Waals surface area (Å²) in [7, 11) is 0. The maximum absolute atomic E-state index is 12.0. The molecule has 0 saturated heterocycles. The molecule has 0 bridgehead atoms. The first kappa shape index (κ1) is 12.5. The summed E-state index contributed by atoms with van der Waals surface area (Å²) < 4.78 is 5.24. The lowest BCUT2D eigenvalue weighted by Gasteiger charge is -2.00. The Morgan fingerprint density at radius 1 is 1.35 bits per heavy atom. The second-order valence-electron chi connectivity index (χ2n) is 4.01. The monoisotopic (exact) mass is 286 g/mol. The normalized spacial score (nSPS) is 10.4. The third-order valence-corrected chi connectivity index (χ3v) is 3.27. The highest BCUT2D eigenvalue weighted by Gasteiger charge is 2.12. The van der Waals surface area contributed by atoms with E-state index in [1.54, 1.807) is 18.5 Å². The van der Waals surface area contributed by atoms with Crippen molar-refractivity contribution in [3.8, 4) is 11.5 Å². The summed E-state index contributed by atoms with van der Waals surface area (Å²) in [4.78, 5) is 24.3. The van der Waals surface area contributed by atoms with Crippen LogP contribution in [0.1, 0.15) is 16.2 Å². The smallest absolute Gasteiger partial charge is 0.277 e. The van der Waals surface area contributed by atoms with Gasteiger partial charge in [0.05, 0.1) is 18.2 Å². The van der Waals surface area contributed by atoms with Crippen molar-refractivity contribution in [1.29, 1.82) is 0 Å². The van der Waals surface area contributed by atoms with E-state index in [4.69, 9.17) is 4.42 Å². The molecule has 100 valence electrons. The molecule has 3 heterocycles. The number of amides is 1. The van der Waals surface area contributed by atoms with E-state index in [9.17, 15) is 4.79 Å². The second kappa shape index (κ2) is 5.22. The van der Waals surface area contributed by atoms with Gasteiger partial charge in [0.1, 0.15) is 11.4 Å². The molecule has 0 unspecified atom stereocenters. The van der Waals surface area contributed by atoms with Gasteiger partial charge in [0.25, 0.3) is 5.91 Å². The van der Waals surface area contributed by atoms with E-state index in [1.807, 2.05) is 18.4 Å². The summed E-state index contributed by atoms with van der Waals surface area (Å²) in [6.45, 7) is 1.81. The Bertz CT molecular complexity index is 719. The molecule has 0 aromatic carbocycles. The van der Waals surface area contributed by atoms with Crippen LogP contribution in [-0.4, -0.2) is 20.9 Å². The standard InChI is InChI=1S/C13H10N4O2S/c1-8-5-15-9(6-14-8)12(18)17-13-16-10(7-20-13)11-3-2-4-19-11/h2-7H,1H3,(H,16,17,18). The number of carbonyl (C=O) groups excluding carboxylic acids is 1. The highest BCUT2D eigenvalue weighted by atomic mass is 32.1. The predicted molar refractivity (Wildman–Crippen MR) is 74.5 cm³/mol. The number of furan rings is 1. The van der Waals surface area contributed by atoms with E-state index in [-0.39, 0.29) is 11.6 Å². The largest absolute Gasteiger partial charge is 0.463 e. The van der Waals surface area contributed by atoms with Crippen molar-refractivity contribution in [2.45, 2.75) is 6.92 Å². The first-order chi connectivity index (χ1) is 9.72. The molecule has 0 fully saturated rings. The van der Waals surface area contributed by atoms with Crippen molar-refractivity contribution < 1.29 is 9.21 Å². The minimum atomic E-state index is -0.335. The molecule has 0 aliphatic carbocycles. The van der Waals surface area contributed by atoms with Gasteiger partial charge >= 0.3 is 0 Å². The topological polar surface area (TPSA) is 80.9 Å². The van der Waals surface area contributed by atoms with Crippen molar-refractivity contribution in [2.75, 3.05) is 5.32 Å². The summed E-state index contributed by atoms with van der Waals surface area (Å²) in [6.07, 6.45) is 4.56. The number of hydrogen-bond donors (Lipinski definition) is 1. The zero-order valence-electron chi connectivity index (χ0n) is 10.5. The molecule has 1 amide bonds. The van der Waals surface area contributed by atoms with Crippen LogP contribution in [0.2, 0.25) is 0 Å². The molecule has 0 aliphatic heterocycles. The Hall–Kier alpha value is -2.54. The average Bonchev–Trinajstić information content (AvgIpc) is 3.09. The number of nitrogens with zero attached hydrogens (tertiary/aromatic N) is 3. The minimum absolute atomic E-state index is 0.255. The zero-order valence-corrected chi connectivity index (χ0v) is 11.3. The summed E-state index contributed by atoms with van der Waals surface area (Å²) in [5.41, 5.74) is 1.70. The number of aromatic nitrogens is 3. The van der Waals surface area contributed by atoms with E-state index >= 15 is 0 Å². The fraction of sp³-hybridized carbons (Fsp3) is 0.0769. The van der Waals surface area contributed by atoms with Gasteiger partial charge in [0.2, 0.25) is 0 Å². The van der Waals surface area contributed by atoms with E-state index < -0.39 is 0 Å².